The molecule has 32 heavy (non-hydrogen) atoms. The highest BCUT2D eigenvalue weighted by Gasteiger charge is 2.48. The van der Waals surface area contributed by atoms with Crippen LogP contribution in [0.1, 0.15) is 46.6 Å². The number of anilines is 1. The van der Waals surface area contributed by atoms with E-state index in [0.717, 1.165) is 78.9 Å². The molecule has 0 N–H and O–H groups in total. The lowest BCUT2D eigenvalue weighted by Crippen LogP contribution is -2.67. The van der Waals surface area contributed by atoms with Crippen LogP contribution in [0.15, 0.2) is 40.9 Å². The number of nitrogens with zero attached hydrogens (tertiary/aromatic N) is 4. The van der Waals surface area contributed by atoms with Gasteiger partial charge in [0.25, 0.3) is 5.91 Å². The molecule has 5 rings (SSSR count). The fourth-order valence-corrected chi connectivity index (χ4v) is 5.53. The van der Waals surface area contributed by atoms with E-state index < -0.39 is 0 Å². The van der Waals surface area contributed by atoms with Crippen LogP contribution in [0.2, 0.25) is 0 Å². The number of rotatable bonds is 4. The van der Waals surface area contributed by atoms with E-state index in [9.17, 15) is 4.79 Å². The number of carbonyl (C=O) groups is 1. The third-order valence-electron chi connectivity index (χ3n) is 7.50. The minimum Gasteiger partial charge on any atom is -0.377 e. The zero-order chi connectivity index (χ0) is 22.5. The standard InChI is InChI=1S/C26H32N4O2/c1-18-23(19(2)32-27-18)16-30-15-13-26(30)12-7-14-29(17-26)25(31)22-10-11-24(28(3)4)21-9-6-5-8-20(21)22/h5-6,8-11H,7,12-17H2,1-4H3/t26-/m1/s1. The van der Waals surface area contributed by atoms with Crippen molar-refractivity contribution in [2.24, 2.45) is 0 Å². The summed E-state index contributed by atoms with van der Waals surface area (Å²) in [6.45, 7) is 7.52. The van der Waals surface area contributed by atoms with Crippen LogP contribution >= 0.6 is 0 Å². The molecule has 0 aliphatic carbocycles. The first-order chi connectivity index (χ1) is 15.4. The molecule has 1 atom stereocenters. The molecular formula is C26H32N4O2. The zero-order valence-electron chi connectivity index (χ0n) is 19.5. The maximum atomic E-state index is 13.7. The first kappa shape index (κ1) is 21.0. The molecule has 0 saturated carbocycles. The van der Waals surface area contributed by atoms with Gasteiger partial charge in [0.15, 0.2) is 0 Å². The van der Waals surface area contributed by atoms with Gasteiger partial charge in [-0.15, -0.1) is 0 Å². The molecule has 6 heteroatoms. The Morgan fingerprint density at radius 2 is 1.88 bits per heavy atom. The predicted molar refractivity (Wildman–Crippen MR) is 127 cm³/mol. The van der Waals surface area contributed by atoms with Gasteiger partial charge >= 0.3 is 0 Å². The fraction of sp³-hybridized carbons (Fsp3) is 0.462. The average Bonchev–Trinajstić information content (AvgIpc) is 3.12. The third-order valence-corrected chi connectivity index (χ3v) is 7.50. The Labute approximate surface area is 189 Å². The van der Waals surface area contributed by atoms with Gasteiger partial charge in [-0.05, 0) is 50.6 Å². The van der Waals surface area contributed by atoms with Gasteiger partial charge in [0.05, 0.1) is 5.69 Å². The Kier molecular flexibility index (Phi) is 5.20. The number of likely N-dealkylation sites (tertiary alicyclic amines) is 2. The summed E-state index contributed by atoms with van der Waals surface area (Å²) < 4.78 is 5.38. The Balaban J connectivity index is 1.41. The van der Waals surface area contributed by atoms with E-state index >= 15 is 0 Å². The average molecular weight is 433 g/mol. The molecule has 2 saturated heterocycles. The highest BCUT2D eigenvalue weighted by molar-refractivity contribution is 6.10. The lowest BCUT2D eigenvalue weighted by atomic mass is 9.77. The molecule has 3 aromatic rings. The molecule has 0 unspecified atom stereocenters. The number of amides is 1. The van der Waals surface area contributed by atoms with Crippen LogP contribution in [0.4, 0.5) is 5.69 Å². The number of carbonyl (C=O) groups excluding carboxylic acids is 1. The molecule has 1 amide bonds. The van der Waals surface area contributed by atoms with Crippen LogP contribution in [0, 0.1) is 13.8 Å². The van der Waals surface area contributed by atoms with E-state index in [-0.39, 0.29) is 11.4 Å². The van der Waals surface area contributed by atoms with Crippen LogP contribution in [0.3, 0.4) is 0 Å². The summed E-state index contributed by atoms with van der Waals surface area (Å²) >= 11 is 0. The molecule has 1 aromatic heterocycles. The Bertz CT molecular complexity index is 1150. The van der Waals surface area contributed by atoms with E-state index in [1.165, 1.54) is 5.56 Å². The number of hydrogen-bond donors (Lipinski definition) is 0. The van der Waals surface area contributed by atoms with Crippen molar-refractivity contribution in [1.29, 1.82) is 0 Å². The lowest BCUT2D eigenvalue weighted by Gasteiger charge is -2.57. The molecule has 168 valence electrons. The second-order valence-corrected chi connectivity index (χ2v) is 9.60. The van der Waals surface area contributed by atoms with Crippen molar-refractivity contribution < 1.29 is 9.32 Å². The summed E-state index contributed by atoms with van der Waals surface area (Å²) in [5, 5.41) is 6.28. The van der Waals surface area contributed by atoms with Gasteiger partial charge in [0, 0.05) is 68.0 Å². The van der Waals surface area contributed by atoms with Crippen LogP contribution in [0.25, 0.3) is 10.8 Å². The van der Waals surface area contributed by atoms with Crippen LogP contribution in [0.5, 0.6) is 0 Å². The van der Waals surface area contributed by atoms with Crippen molar-refractivity contribution in [3.63, 3.8) is 0 Å². The van der Waals surface area contributed by atoms with Crippen molar-refractivity contribution in [2.75, 3.05) is 38.6 Å². The maximum absolute atomic E-state index is 13.7. The number of hydrogen-bond acceptors (Lipinski definition) is 5. The number of piperidine rings is 1. The number of aromatic nitrogens is 1. The van der Waals surface area contributed by atoms with E-state index in [2.05, 4.69) is 38.1 Å². The molecule has 2 aliphatic rings. The van der Waals surface area contributed by atoms with Gasteiger partial charge in [0.2, 0.25) is 0 Å². The molecule has 3 heterocycles. The summed E-state index contributed by atoms with van der Waals surface area (Å²) in [7, 11) is 4.09. The van der Waals surface area contributed by atoms with Gasteiger partial charge in [-0.2, -0.15) is 0 Å². The van der Waals surface area contributed by atoms with E-state index in [4.69, 9.17) is 4.52 Å². The quantitative estimate of drug-likeness (QED) is 0.612. The van der Waals surface area contributed by atoms with Gasteiger partial charge in [-0.1, -0.05) is 29.4 Å². The molecule has 2 aliphatic heterocycles. The Morgan fingerprint density at radius 3 is 2.53 bits per heavy atom. The summed E-state index contributed by atoms with van der Waals surface area (Å²) in [6.07, 6.45) is 3.32. The first-order valence-electron chi connectivity index (χ1n) is 11.5. The van der Waals surface area contributed by atoms with E-state index in [0.29, 0.717) is 0 Å². The zero-order valence-corrected chi connectivity index (χ0v) is 19.5. The normalized spacial score (nSPS) is 21.2. The number of fused-ring (bicyclic) bond motifs is 1. The van der Waals surface area contributed by atoms with Crippen molar-refractivity contribution in [3.05, 3.63) is 59.0 Å². The molecular weight excluding hydrogens is 400 g/mol. The summed E-state index contributed by atoms with van der Waals surface area (Å²) in [5.74, 6) is 1.05. The van der Waals surface area contributed by atoms with Crippen molar-refractivity contribution in [1.82, 2.24) is 15.0 Å². The number of benzene rings is 2. The molecule has 0 bridgehead atoms. The van der Waals surface area contributed by atoms with Crippen molar-refractivity contribution in [3.8, 4) is 0 Å². The Morgan fingerprint density at radius 1 is 1.09 bits per heavy atom. The second kappa shape index (κ2) is 7.93. The van der Waals surface area contributed by atoms with Crippen LogP contribution < -0.4 is 4.90 Å². The minimum atomic E-state index is 0.0729. The highest BCUT2D eigenvalue weighted by Crippen LogP contribution is 2.41. The van der Waals surface area contributed by atoms with Gasteiger partial charge in [-0.25, -0.2) is 0 Å². The first-order valence-corrected chi connectivity index (χ1v) is 11.5. The summed E-state index contributed by atoms with van der Waals surface area (Å²) in [4.78, 5) is 20.4. The predicted octanol–water partition coefficient (Wildman–Crippen LogP) is 4.39. The summed E-state index contributed by atoms with van der Waals surface area (Å²) in [6, 6.07) is 12.3. The van der Waals surface area contributed by atoms with Crippen molar-refractivity contribution in [2.45, 2.75) is 45.2 Å². The second-order valence-electron chi connectivity index (χ2n) is 9.60. The van der Waals surface area contributed by atoms with Gasteiger partial charge in [-0.3, -0.25) is 9.69 Å². The molecule has 2 aromatic carbocycles. The molecule has 0 radical (unpaired) electrons. The Hall–Kier alpha value is -2.86. The molecule has 2 fully saturated rings. The van der Waals surface area contributed by atoms with Gasteiger partial charge in [0.1, 0.15) is 5.76 Å². The monoisotopic (exact) mass is 432 g/mol. The van der Waals surface area contributed by atoms with Crippen LogP contribution in [-0.4, -0.2) is 60.1 Å². The van der Waals surface area contributed by atoms with E-state index in [1.54, 1.807) is 0 Å². The topological polar surface area (TPSA) is 52.8 Å². The lowest BCUT2D eigenvalue weighted by molar-refractivity contribution is -0.0651. The van der Waals surface area contributed by atoms with E-state index in [1.807, 2.05) is 46.1 Å². The molecule has 1 spiro atoms. The SMILES string of the molecule is Cc1noc(C)c1CN1CC[C@@]12CCCN(C(=O)c1ccc(N(C)C)c3ccccc13)C2. The minimum absolute atomic E-state index is 0.0729. The fourth-order valence-electron chi connectivity index (χ4n) is 5.53. The number of aryl methyl sites for hydroxylation is 2. The maximum Gasteiger partial charge on any atom is 0.254 e. The van der Waals surface area contributed by atoms with Crippen LogP contribution in [-0.2, 0) is 6.54 Å². The van der Waals surface area contributed by atoms with Gasteiger partial charge < -0.3 is 14.3 Å². The highest BCUT2D eigenvalue weighted by atomic mass is 16.5. The summed E-state index contributed by atoms with van der Waals surface area (Å²) in [5.41, 5.74) is 4.18. The smallest absolute Gasteiger partial charge is 0.254 e. The third kappa shape index (κ3) is 3.37. The van der Waals surface area contributed by atoms with Crippen molar-refractivity contribution >= 4 is 22.4 Å². The molecule has 6 nitrogen and oxygen atoms in total. The largest absolute Gasteiger partial charge is 0.377 e.